The van der Waals surface area contributed by atoms with Gasteiger partial charge < -0.3 is 63.6 Å². The molecular formula is C88H127N5O18. The van der Waals surface area contributed by atoms with Gasteiger partial charge in [-0.05, 0) is 218 Å². The standard InChI is InChI=1S/C21H29NO5.C21H27NO4.C13H15NO3.C13H23NO2.C11H17NO3.C9H16O/c1-19(2,3)27-17(23)20(9-10-20)21(25)11-13-22(14-12-21)18(24)26-15-16-7-5-4-6-8-16;1-20(2,3)26-18(23)21(11-12-21)17-9-13-22(14-10-17)19(24)25-15-16-7-5-4-6-8-16;15-12-6-8-14(9-7-12)13(16)17-10-11-4-2-1-3-5-11;1-12(2,3)16-11(15)13(6-7-13)10-4-8-14-9-5-10;1-8(13)12-6-2-9(3-7-12)11(4-5-11)10(14)15;1-9(2,3)6-8(10)7-4-5-7/h4-8,25H,9-15H2,1-3H3;4-9H,10-15H2,1-3H3;1-5H,6-10H2;10,14H,4-9H2,1-3H3;9H,2-7H2,1H3,(H,14,15);7H,4-6H2,1-3H3. The summed E-state index contributed by atoms with van der Waals surface area (Å²) in [7, 11) is 0. The van der Waals surface area contributed by atoms with Crippen molar-refractivity contribution < 1.29 is 86.6 Å². The first kappa shape index (κ1) is 88.4. The molecule has 0 unspecified atom stereocenters. The number of Topliss-reactive ketones (excluding diaryl/α,β-unsaturated/α-hetero) is 2. The predicted molar refractivity (Wildman–Crippen MR) is 420 cm³/mol. The third-order valence-corrected chi connectivity index (χ3v) is 22.5. The van der Waals surface area contributed by atoms with Crippen LogP contribution in [0.1, 0.15) is 235 Å². The van der Waals surface area contributed by atoms with Crippen LogP contribution in [-0.4, -0.2) is 177 Å². The van der Waals surface area contributed by atoms with E-state index in [1.54, 1.807) is 21.6 Å². The Morgan fingerprint density at radius 1 is 0.459 bits per heavy atom. The van der Waals surface area contributed by atoms with E-state index in [4.69, 9.17) is 33.5 Å². The average molecular weight is 1540 g/mol. The van der Waals surface area contributed by atoms with Crippen molar-refractivity contribution in [2.24, 2.45) is 44.8 Å². The molecule has 4 saturated heterocycles. The third-order valence-electron chi connectivity index (χ3n) is 22.5. The fourth-order valence-corrected chi connectivity index (χ4v) is 15.1. The number of piperidine rings is 4. The lowest BCUT2D eigenvalue weighted by atomic mass is 9.76. The lowest BCUT2D eigenvalue weighted by Crippen LogP contribution is -2.54. The number of nitrogens with zero attached hydrogens (tertiary/aromatic N) is 4. The first-order valence-corrected chi connectivity index (χ1v) is 40.4. The summed E-state index contributed by atoms with van der Waals surface area (Å²) in [6.45, 7) is 32.0. The molecule has 3 aromatic carbocycles. The number of benzene rings is 3. The topological polar surface area (TPSA) is 292 Å². The SMILES string of the molecule is CC(=O)N1CCC(C2(C(=O)O)CC2)CC1.CC(C)(C)CC(=O)C1CC1.CC(C)(C)OC(=O)C1(C2(O)CCN(C(=O)OCc3ccccc3)CC2)CC1.CC(C)(C)OC(=O)C1(C2=CCN(C(=O)OCc3ccccc3)CC2)CC1.CC(C)(C)OC(=O)C1(C2CCNCC2)CC1.O=C1CCN(C(=O)OCc2ccccc2)CC1. The molecule has 0 aromatic heterocycles. The van der Waals surface area contributed by atoms with Crippen LogP contribution in [0.15, 0.2) is 103 Å². The van der Waals surface area contributed by atoms with Crippen molar-refractivity contribution in [3.8, 4) is 0 Å². The first-order chi connectivity index (χ1) is 52.2. The summed E-state index contributed by atoms with van der Waals surface area (Å²) < 4.78 is 32.6. The number of hydrogen-bond donors (Lipinski definition) is 3. The Balaban J connectivity index is 0.000000172. The maximum absolute atomic E-state index is 12.6. The van der Waals surface area contributed by atoms with Gasteiger partial charge in [-0.2, -0.15) is 0 Å². The number of carbonyl (C=O) groups is 10. The highest BCUT2D eigenvalue weighted by molar-refractivity contribution is 5.86. The van der Waals surface area contributed by atoms with E-state index in [9.17, 15) is 53.1 Å². The molecule has 23 nitrogen and oxygen atoms in total. The number of aliphatic carboxylic acids is 1. The molecule has 5 aliphatic carbocycles. The zero-order valence-electron chi connectivity index (χ0n) is 68.5. The molecule has 3 aromatic rings. The minimum atomic E-state index is -1.12. The number of nitrogens with one attached hydrogen (secondary N) is 1. The summed E-state index contributed by atoms with van der Waals surface area (Å²) in [6.07, 6.45) is 16.9. The van der Waals surface area contributed by atoms with E-state index in [1.165, 1.54) is 0 Å². The third kappa shape index (κ3) is 26.7. The first-order valence-electron chi connectivity index (χ1n) is 40.4. The molecule has 612 valence electrons. The molecule has 0 bridgehead atoms. The molecule has 23 heteroatoms. The molecule has 0 radical (unpaired) electrons. The van der Waals surface area contributed by atoms with Crippen molar-refractivity contribution in [1.82, 2.24) is 24.9 Å². The molecule has 9 fully saturated rings. The number of esters is 3. The minimum absolute atomic E-state index is 0.0481. The maximum Gasteiger partial charge on any atom is 0.410 e. The van der Waals surface area contributed by atoms with E-state index in [-0.39, 0.29) is 90.0 Å². The van der Waals surface area contributed by atoms with Gasteiger partial charge in [0.1, 0.15) is 48.2 Å². The molecule has 10 aliphatic rings. The van der Waals surface area contributed by atoms with Gasteiger partial charge in [0.05, 0.1) is 27.3 Å². The second-order valence-corrected chi connectivity index (χ2v) is 36.2. The van der Waals surface area contributed by atoms with E-state index >= 15 is 0 Å². The Morgan fingerprint density at radius 2 is 0.865 bits per heavy atom. The van der Waals surface area contributed by atoms with E-state index in [2.05, 4.69) is 26.1 Å². The molecular weight excluding hydrogens is 1410 g/mol. The maximum atomic E-state index is 12.6. The van der Waals surface area contributed by atoms with Crippen molar-refractivity contribution in [1.29, 1.82) is 0 Å². The van der Waals surface area contributed by atoms with Crippen LogP contribution in [0.4, 0.5) is 14.4 Å². The number of carboxylic acids is 1. The van der Waals surface area contributed by atoms with Gasteiger partial charge >= 0.3 is 42.2 Å². The van der Waals surface area contributed by atoms with Crippen LogP contribution >= 0.6 is 0 Å². The fourth-order valence-electron chi connectivity index (χ4n) is 15.1. The average Bonchev–Trinajstić information content (AvgIpc) is 1.58. The smallest absolute Gasteiger partial charge is 0.410 e. The zero-order chi connectivity index (χ0) is 81.2. The van der Waals surface area contributed by atoms with Crippen molar-refractivity contribution in [3.05, 3.63) is 119 Å². The highest BCUT2D eigenvalue weighted by Gasteiger charge is 2.66. The fraction of sp³-hybridized carbons (Fsp3) is 0.659. The van der Waals surface area contributed by atoms with Gasteiger partial charge in [0, 0.05) is 84.5 Å². The van der Waals surface area contributed by atoms with Gasteiger partial charge in [-0.1, -0.05) is 123 Å². The van der Waals surface area contributed by atoms with Crippen LogP contribution in [0.5, 0.6) is 0 Å². The quantitative estimate of drug-likeness (QED) is 0.0682. The van der Waals surface area contributed by atoms with Crippen molar-refractivity contribution in [2.75, 3.05) is 65.4 Å². The van der Waals surface area contributed by atoms with Crippen LogP contribution in [0.25, 0.3) is 0 Å². The van der Waals surface area contributed by atoms with Gasteiger partial charge in [0.2, 0.25) is 5.91 Å². The monoisotopic (exact) mass is 1540 g/mol. The van der Waals surface area contributed by atoms with Crippen molar-refractivity contribution >= 4 is 59.6 Å². The number of ketones is 2. The zero-order valence-corrected chi connectivity index (χ0v) is 68.5. The van der Waals surface area contributed by atoms with Gasteiger partial charge in [-0.25, -0.2) is 14.4 Å². The van der Waals surface area contributed by atoms with Crippen LogP contribution in [0, 0.1) is 44.8 Å². The molecule has 5 aliphatic heterocycles. The largest absolute Gasteiger partial charge is 0.481 e. The van der Waals surface area contributed by atoms with Crippen LogP contribution in [0.2, 0.25) is 0 Å². The molecule has 13 rings (SSSR count). The number of hydrogen-bond acceptors (Lipinski definition) is 18. The molecule has 5 heterocycles. The predicted octanol–water partition coefficient (Wildman–Crippen LogP) is 15.0. The summed E-state index contributed by atoms with van der Waals surface area (Å²) in [5.41, 5.74) is -0.165. The minimum Gasteiger partial charge on any atom is -0.481 e. The van der Waals surface area contributed by atoms with E-state index in [1.807, 2.05) is 164 Å². The number of carbonyl (C=O) groups excluding carboxylic acids is 9. The summed E-state index contributed by atoms with van der Waals surface area (Å²) in [5.74, 6) is 1.04. The molecule has 111 heavy (non-hydrogen) atoms. The van der Waals surface area contributed by atoms with Gasteiger partial charge in [0.15, 0.2) is 0 Å². The van der Waals surface area contributed by atoms with Crippen molar-refractivity contribution in [3.63, 3.8) is 0 Å². The lowest BCUT2D eigenvalue weighted by Gasteiger charge is -2.42. The molecule has 0 spiro atoms. The number of ether oxygens (including phenoxy) is 6. The van der Waals surface area contributed by atoms with E-state index in [0.29, 0.717) is 102 Å². The Morgan fingerprint density at radius 3 is 1.23 bits per heavy atom. The summed E-state index contributed by atoms with van der Waals surface area (Å²) >= 11 is 0. The highest BCUT2D eigenvalue weighted by Crippen LogP contribution is 2.60. The Bertz CT molecular complexity index is 3650. The second-order valence-electron chi connectivity index (χ2n) is 36.2. The molecule has 0 atom stereocenters. The van der Waals surface area contributed by atoms with E-state index in [0.717, 1.165) is 132 Å². The van der Waals surface area contributed by atoms with Gasteiger partial charge in [0.25, 0.3) is 0 Å². The van der Waals surface area contributed by atoms with E-state index < -0.39 is 39.0 Å². The number of carboxylic acid groups (broad SMARTS) is 1. The molecule has 5 saturated carbocycles. The van der Waals surface area contributed by atoms with Gasteiger partial charge in [-0.3, -0.25) is 33.6 Å². The summed E-state index contributed by atoms with van der Waals surface area (Å²) in [5, 5.41) is 23.7. The molecule has 3 N–H and O–H groups in total. The van der Waals surface area contributed by atoms with Crippen LogP contribution < -0.4 is 5.32 Å². The number of aliphatic hydroxyl groups is 1. The number of amides is 4. The van der Waals surface area contributed by atoms with Crippen molar-refractivity contribution in [2.45, 2.75) is 261 Å². The Hall–Kier alpha value is -8.18. The Kier molecular flexibility index (Phi) is 30.3. The molecule has 4 amide bonds. The normalized spacial score (nSPS) is 20.6. The lowest BCUT2D eigenvalue weighted by molar-refractivity contribution is -0.178. The number of likely N-dealkylation sites (tertiary alicyclic amines) is 3. The highest BCUT2D eigenvalue weighted by atomic mass is 16.6. The summed E-state index contributed by atoms with van der Waals surface area (Å²) in [4.78, 5) is 125. The second kappa shape index (κ2) is 38.1. The van der Waals surface area contributed by atoms with Gasteiger partial charge in [-0.15, -0.1) is 0 Å². The summed E-state index contributed by atoms with van der Waals surface area (Å²) in [6, 6.07) is 28.7. The van der Waals surface area contributed by atoms with Crippen LogP contribution in [-0.2, 0) is 81.8 Å². The Labute approximate surface area is 658 Å². The number of rotatable bonds is 16. The van der Waals surface area contributed by atoms with Crippen LogP contribution in [0.3, 0.4) is 0 Å².